The normalized spacial score (nSPS) is 12.0. The Morgan fingerprint density at radius 2 is 0.667 bits per heavy atom. The van der Waals surface area contributed by atoms with Crippen LogP contribution in [0.1, 0.15) is 179 Å². The van der Waals surface area contributed by atoms with Gasteiger partial charge in [-0.1, -0.05) is 144 Å². The molecule has 0 fully saturated rings. The summed E-state index contributed by atoms with van der Waals surface area (Å²) >= 11 is 0. The van der Waals surface area contributed by atoms with E-state index in [0.29, 0.717) is 0 Å². The third kappa shape index (κ3) is 17.7. The number of rotatable bonds is 25. The summed E-state index contributed by atoms with van der Waals surface area (Å²) in [6.07, 6.45) is 26.8. The van der Waals surface area contributed by atoms with Crippen molar-refractivity contribution in [2.45, 2.75) is 183 Å². The zero-order valence-electron chi connectivity index (χ0n) is 30.2. The van der Waals surface area contributed by atoms with Crippen molar-refractivity contribution in [3.05, 3.63) is 58.7 Å². The first-order valence-corrected chi connectivity index (χ1v) is 19.0. The molecule has 0 aliphatic heterocycles. The average Bonchev–Trinajstić information content (AvgIpc) is 3.00. The molecule has 3 heteroatoms. The molecular formula is C42H68N2Ni. The summed E-state index contributed by atoms with van der Waals surface area (Å²) in [5, 5.41) is 0. The molecule has 0 bridgehead atoms. The summed E-state index contributed by atoms with van der Waals surface area (Å²) in [7, 11) is 0. The summed E-state index contributed by atoms with van der Waals surface area (Å²) in [6, 6.07) is 14.3. The molecule has 0 spiro atoms. The van der Waals surface area contributed by atoms with Crippen LogP contribution in [-0.2, 0) is 42.2 Å². The molecule has 0 aromatic heterocycles. The molecule has 0 atom stereocenters. The van der Waals surface area contributed by atoms with Crippen molar-refractivity contribution in [3.63, 3.8) is 0 Å². The van der Waals surface area contributed by atoms with Gasteiger partial charge in [0, 0.05) is 16.5 Å². The van der Waals surface area contributed by atoms with Gasteiger partial charge in [-0.05, 0) is 97.9 Å². The predicted molar refractivity (Wildman–Crippen MR) is 199 cm³/mol. The number of benzene rings is 2. The third-order valence-electron chi connectivity index (χ3n) is 8.62. The first-order chi connectivity index (χ1) is 21.6. The van der Waals surface area contributed by atoms with Crippen molar-refractivity contribution < 1.29 is 16.5 Å². The van der Waals surface area contributed by atoms with Crippen molar-refractivity contribution in [1.82, 2.24) is 0 Å². The number of hydrogen-bond acceptors (Lipinski definition) is 2. The minimum absolute atomic E-state index is 0. The molecule has 2 rings (SSSR count). The second kappa shape index (κ2) is 26.4. The van der Waals surface area contributed by atoms with Gasteiger partial charge >= 0.3 is 0 Å². The van der Waals surface area contributed by atoms with E-state index in [1.54, 1.807) is 0 Å². The molecule has 0 heterocycles. The van der Waals surface area contributed by atoms with E-state index >= 15 is 0 Å². The summed E-state index contributed by atoms with van der Waals surface area (Å²) in [4.78, 5) is 11.0. The molecule has 45 heavy (non-hydrogen) atoms. The molecule has 256 valence electrons. The van der Waals surface area contributed by atoms with Gasteiger partial charge in [0.25, 0.3) is 0 Å². The molecule has 0 radical (unpaired) electrons. The van der Waals surface area contributed by atoms with E-state index in [1.807, 2.05) is 0 Å². The first-order valence-electron chi connectivity index (χ1n) is 19.0. The Kier molecular flexibility index (Phi) is 24.2. The smallest absolute Gasteiger partial charge is 0.0639 e. The largest absolute Gasteiger partial charge is 0.252 e. The van der Waals surface area contributed by atoms with E-state index in [9.17, 15) is 0 Å². The van der Waals surface area contributed by atoms with E-state index in [2.05, 4.69) is 77.9 Å². The maximum absolute atomic E-state index is 5.51. The minimum Gasteiger partial charge on any atom is -0.252 e. The van der Waals surface area contributed by atoms with Gasteiger partial charge in [-0.3, -0.25) is 9.98 Å². The van der Waals surface area contributed by atoms with E-state index in [4.69, 9.17) is 9.98 Å². The van der Waals surface area contributed by atoms with Crippen molar-refractivity contribution in [2.75, 3.05) is 0 Å². The van der Waals surface area contributed by atoms with Gasteiger partial charge in [-0.25, -0.2) is 0 Å². The Hall–Kier alpha value is -1.73. The second-order valence-electron chi connectivity index (χ2n) is 13.2. The summed E-state index contributed by atoms with van der Waals surface area (Å²) in [5.74, 6) is 0. The number of hydrogen-bond donors (Lipinski definition) is 0. The van der Waals surface area contributed by atoms with Crippen LogP contribution in [0.4, 0.5) is 11.4 Å². The van der Waals surface area contributed by atoms with Gasteiger partial charge in [0.05, 0.1) is 22.8 Å². The Morgan fingerprint density at radius 1 is 0.378 bits per heavy atom. The molecule has 0 saturated heterocycles. The quantitative estimate of drug-likeness (QED) is 0.0576. The number of aliphatic imine (C=N–C) groups is 2. The van der Waals surface area contributed by atoms with Gasteiger partial charge in [0.2, 0.25) is 0 Å². The Balaban J connectivity index is 0.0000101. The Morgan fingerprint density at radius 3 is 0.956 bits per heavy atom. The molecule has 0 saturated carbocycles. The molecule has 0 unspecified atom stereocenters. The first kappa shape index (κ1) is 41.3. The van der Waals surface area contributed by atoms with Crippen LogP contribution in [-0.4, -0.2) is 11.4 Å². The summed E-state index contributed by atoms with van der Waals surface area (Å²) in [6.45, 7) is 13.7. The third-order valence-corrected chi connectivity index (χ3v) is 8.62. The van der Waals surface area contributed by atoms with Crippen LogP contribution in [0.3, 0.4) is 0 Å². The van der Waals surface area contributed by atoms with Crippen LogP contribution in [0.15, 0.2) is 46.4 Å². The Labute approximate surface area is 289 Å². The zero-order chi connectivity index (χ0) is 31.8. The summed E-state index contributed by atoms with van der Waals surface area (Å²) < 4.78 is 0. The molecule has 2 aromatic rings. The summed E-state index contributed by atoms with van der Waals surface area (Å²) in [5.41, 5.74) is 10.5. The van der Waals surface area contributed by atoms with Crippen molar-refractivity contribution >= 4 is 22.8 Å². The number of aryl methyl sites for hydroxylation is 4. The molecule has 0 aliphatic carbocycles. The van der Waals surface area contributed by atoms with Crippen LogP contribution in [0.25, 0.3) is 0 Å². The van der Waals surface area contributed by atoms with Gasteiger partial charge in [-0.15, -0.1) is 0 Å². The number of unbranched alkanes of at least 4 members (excludes halogenated alkanes) is 10. The maximum atomic E-state index is 5.51. The van der Waals surface area contributed by atoms with Crippen LogP contribution >= 0.6 is 0 Å². The van der Waals surface area contributed by atoms with E-state index in [0.717, 1.165) is 49.9 Å². The Bertz CT molecular complexity index is 964. The zero-order valence-corrected chi connectivity index (χ0v) is 31.2. The molecule has 2 aromatic carbocycles. The topological polar surface area (TPSA) is 24.7 Å². The van der Waals surface area contributed by atoms with E-state index < -0.39 is 0 Å². The fraction of sp³-hybridized carbons (Fsp3) is 0.667. The predicted octanol–water partition coefficient (Wildman–Crippen LogP) is 13.8. The fourth-order valence-corrected chi connectivity index (χ4v) is 6.33. The molecule has 2 nitrogen and oxygen atoms in total. The van der Waals surface area contributed by atoms with Crippen LogP contribution in [0, 0.1) is 0 Å². The number of nitrogens with zero attached hydrogens (tertiary/aromatic N) is 2. The average molecular weight is 660 g/mol. The van der Waals surface area contributed by atoms with Crippen LogP contribution in [0.2, 0.25) is 0 Å². The molecule has 0 aliphatic rings. The van der Waals surface area contributed by atoms with Crippen molar-refractivity contribution in [3.8, 4) is 0 Å². The maximum Gasteiger partial charge on any atom is 0.0639 e. The standard InChI is InChI=1S/C42H68N2.Ni/c1-7-13-15-17-19-21-27-41(43-39-31-35(23-9-3)29-36(32-39)24-10-4)42(28-22-20-18-16-14-8-2)44-40-33-37(25-11-5)30-38(34-40)26-12-6;/h29-34H,7-28H2,1-6H3;. The SMILES string of the molecule is CCCCCCCCC(=Nc1cc(CCC)cc(CCC)c1)C(CCCCCCCC)=Nc1cc(CCC)cc(CCC)c1.[Ni]. The second-order valence-corrected chi connectivity index (χ2v) is 13.2. The van der Waals surface area contributed by atoms with Crippen molar-refractivity contribution in [1.29, 1.82) is 0 Å². The molecule has 0 N–H and O–H groups in total. The van der Waals surface area contributed by atoms with Crippen LogP contribution in [0.5, 0.6) is 0 Å². The van der Waals surface area contributed by atoms with Gasteiger partial charge in [0.1, 0.15) is 0 Å². The van der Waals surface area contributed by atoms with Gasteiger partial charge in [0.15, 0.2) is 0 Å². The van der Waals surface area contributed by atoms with Crippen molar-refractivity contribution in [2.24, 2.45) is 9.98 Å². The monoisotopic (exact) mass is 658 g/mol. The van der Waals surface area contributed by atoms with Gasteiger partial charge < -0.3 is 0 Å². The van der Waals surface area contributed by atoms with Crippen LogP contribution < -0.4 is 0 Å². The van der Waals surface area contributed by atoms with Gasteiger partial charge in [-0.2, -0.15) is 0 Å². The fourth-order valence-electron chi connectivity index (χ4n) is 6.33. The van der Waals surface area contributed by atoms with E-state index in [1.165, 1.54) is 136 Å². The molecular weight excluding hydrogens is 591 g/mol. The minimum atomic E-state index is 0. The van der Waals surface area contributed by atoms with E-state index in [-0.39, 0.29) is 16.5 Å². The molecule has 0 amide bonds.